The van der Waals surface area contributed by atoms with Crippen LogP contribution in [-0.4, -0.2) is 39.7 Å². The first kappa shape index (κ1) is 21.2. The molecule has 0 unspecified atom stereocenters. The maximum atomic E-state index is 10.2. The van der Waals surface area contributed by atoms with Crippen LogP contribution in [-0.2, 0) is 13.0 Å². The molecule has 0 bridgehead atoms. The zero-order valence-corrected chi connectivity index (χ0v) is 17.9. The molecule has 158 valence electrons. The number of aliphatic hydroxyl groups excluding tert-OH is 1. The molecule has 3 aromatic rings. The van der Waals surface area contributed by atoms with Crippen molar-refractivity contribution in [3.63, 3.8) is 0 Å². The van der Waals surface area contributed by atoms with Crippen LogP contribution in [0.15, 0.2) is 73.3 Å². The Bertz CT molecular complexity index is 1010. The van der Waals surface area contributed by atoms with Gasteiger partial charge in [-0.05, 0) is 55.5 Å². The van der Waals surface area contributed by atoms with Crippen LogP contribution in [0.3, 0.4) is 0 Å². The number of aliphatic hydroxyl groups is 1. The molecule has 1 N–H and O–H groups in total. The fourth-order valence-corrected chi connectivity index (χ4v) is 4.37. The first-order valence-corrected chi connectivity index (χ1v) is 11.0. The van der Waals surface area contributed by atoms with Crippen LogP contribution in [0.5, 0.6) is 0 Å². The fourth-order valence-electron chi connectivity index (χ4n) is 4.37. The van der Waals surface area contributed by atoms with Gasteiger partial charge in [-0.15, -0.1) is 0 Å². The molecule has 1 saturated heterocycles. The van der Waals surface area contributed by atoms with E-state index >= 15 is 0 Å². The van der Waals surface area contributed by atoms with Crippen molar-refractivity contribution in [2.24, 2.45) is 5.41 Å². The number of rotatable bonds is 6. The lowest BCUT2D eigenvalue weighted by Crippen LogP contribution is -2.45. The normalized spacial score (nSPS) is 18.9. The molecule has 0 saturated carbocycles. The number of benzene rings is 2. The Morgan fingerprint density at radius 2 is 1.65 bits per heavy atom. The summed E-state index contributed by atoms with van der Waals surface area (Å²) < 4.78 is 0. The Kier molecular flexibility index (Phi) is 7.09. The molecule has 1 atom stereocenters. The highest BCUT2D eigenvalue weighted by atomic mass is 16.3. The molecule has 0 amide bonds. The standard InChI is InChI=1S/C27H29N3O/c31-21-27(15-13-23-5-2-1-3-6-23)14-4-16-30(20-27)19-25-10-7-24(8-11-25)9-12-26-17-28-22-29-18-26/h1-3,5-8,10-11,17-18,22,31H,4,13-16,19-21H2/t27-/m0/s1. The smallest absolute Gasteiger partial charge is 0.115 e. The van der Waals surface area contributed by atoms with E-state index in [1.54, 1.807) is 12.4 Å². The number of aryl methyl sites for hydroxylation is 1. The van der Waals surface area contributed by atoms with E-state index in [0.29, 0.717) is 0 Å². The van der Waals surface area contributed by atoms with E-state index in [0.717, 1.165) is 56.4 Å². The van der Waals surface area contributed by atoms with Gasteiger partial charge in [-0.1, -0.05) is 54.3 Å². The number of hydrogen-bond donors (Lipinski definition) is 1. The van der Waals surface area contributed by atoms with Gasteiger partial charge in [-0.2, -0.15) is 0 Å². The lowest BCUT2D eigenvalue weighted by atomic mass is 9.76. The predicted molar refractivity (Wildman–Crippen MR) is 123 cm³/mol. The van der Waals surface area contributed by atoms with Crippen LogP contribution in [0.4, 0.5) is 0 Å². The summed E-state index contributed by atoms with van der Waals surface area (Å²) >= 11 is 0. The van der Waals surface area contributed by atoms with E-state index in [1.165, 1.54) is 17.5 Å². The maximum Gasteiger partial charge on any atom is 0.115 e. The van der Waals surface area contributed by atoms with E-state index in [2.05, 4.69) is 81.3 Å². The lowest BCUT2D eigenvalue weighted by Gasteiger charge is -2.42. The first-order valence-electron chi connectivity index (χ1n) is 11.0. The zero-order valence-electron chi connectivity index (χ0n) is 17.9. The molecule has 1 aliphatic heterocycles. The van der Waals surface area contributed by atoms with Gasteiger partial charge in [0.1, 0.15) is 6.33 Å². The van der Waals surface area contributed by atoms with E-state index < -0.39 is 0 Å². The van der Waals surface area contributed by atoms with Crippen molar-refractivity contribution in [2.45, 2.75) is 32.2 Å². The molecule has 0 aliphatic carbocycles. The molecule has 1 aliphatic rings. The number of hydrogen-bond acceptors (Lipinski definition) is 4. The van der Waals surface area contributed by atoms with Crippen LogP contribution in [0.2, 0.25) is 0 Å². The SMILES string of the molecule is OC[C@]1(CCc2ccccc2)CCCN(Cc2ccc(C#Cc3cncnc3)cc2)C1. The number of nitrogens with zero attached hydrogens (tertiary/aromatic N) is 3. The Balaban J connectivity index is 1.35. The summed E-state index contributed by atoms with van der Waals surface area (Å²) in [6.45, 7) is 3.20. The minimum atomic E-state index is -0.00272. The maximum absolute atomic E-state index is 10.2. The minimum absolute atomic E-state index is 0.00272. The number of aromatic nitrogens is 2. The van der Waals surface area contributed by atoms with Crippen molar-refractivity contribution >= 4 is 0 Å². The second kappa shape index (κ2) is 10.3. The third-order valence-corrected chi connectivity index (χ3v) is 6.13. The van der Waals surface area contributed by atoms with Gasteiger partial charge in [0.25, 0.3) is 0 Å². The van der Waals surface area contributed by atoms with Gasteiger partial charge in [0.05, 0.1) is 5.56 Å². The van der Waals surface area contributed by atoms with Crippen LogP contribution < -0.4 is 0 Å². The third-order valence-electron chi connectivity index (χ3n) is 6.13. The first-order chi connectivity index (χ1) is 15.2. The van der Waals surface area contributed by atoms with Crippen molar-refractivity contribution in [3.8, 4) is 11.8 Å². The van der Waals surface area contributed by atoms with Crippen LogP contribution in [0.25, 0.3) is 0 Å². The van der Waals surface area contributed by atoms with Gasteiger partial charge in [-0.3, -0.25) is 4.90 Å². The zero-order chi connectivity index (χ0) is 21.4. The molecule has 4 nitrogen and oxygen atoms in total. The van der Waals surface area contributed by atoms with E-state index in [9.17, 15) is 5.11 Å². The largest absolute Gasteiger partial charge is 0.396 e. The van der Waals surface area contributed by atoms with Gasteiger partial charge < -0.3 is 5.11 Å². The quantitative estimate of drug-likeness (QED) is 0.621. The molecule has 1 aromatic heterocycles. The highest BCUT2D eigenvalue weighted by Gasteiger charge is 2.34. The molecule has 31 heavy (non-hydrogen) atoms. The average Bonchev–Trinajstić information content (AvgIpc) is 2.84. The highest BCUT2D eigenvalue weighted by Crippen LogP contribution is 2.35. The fraction of sp³-hybridized carbons (Fsp3) is 0.333. The second-order valence-corrected chi connectivity index (χ2v) is 8.53. The van der Waals surface area contributed by atoms with Gasteiger partial charge in [0.2, 0.25) is 0 Å². The summed E-state index contributed by atoms with van der Waals surface area (Å²) in [5.41, 5.74) is 4.43. The van der Waals surface area contributed by atoms with E-state index in [1.807, 2.05) is 0 Å². The second-order valence-electron chi connectivity index (χ2n) is 8.53. The lowest BCUT2D eigenvalue weighted by molar-refractivity contribution is 0.0224. The molecule has 2 aromatic carbocycles. The van der Waals surface area contributed by atoms with Crippen molar-refractivity contribution in [3.05, 3.63) is 95.6 Å². The molecular formula is C27H29N3O. The van der Waals surface area contributed by atoms with Crippen molar-refractivity contribution in [2.75, 3.05) is 19.7 Å². The Hall–Kier alpha value is -3.00. The van der Waals surface area contributed by atoms with Gasteiger partial charge in [0, 0.05) is 43.1 Å². The van der Waals surface area contributed by atoms with E-state index in [4.69, 9.17) is 0 Å². The molecule has 2 heterocycles. The Morgan fingerprint density at radius 3 is 2.39 bits per heavy atom. The molecular weight excluding hydrogens is 382 g/mol. The van der Waals surface area contributed by atoms with Crippen LogP contribution >= 0.6 is 0 Å². The Morgan fingerprint density at radius 1 is 0.903 bits per heavy atom. The summed E-state index contributed by atoms with van der Waals surface area (Å²) in [6, 6.07) is 19.1. The molecule has 0 radical (unpaired) electrons. The Labute approximate surface area is 185 Å². The highest BCUT2D eigenvalue weighted by molar-refractivity contribution is 5.41. The monoisotopic (exact) mass is 411 g/mol. The minimum Gasteiger partial charge on any atom is -0.396 e. The molecule has 4 heteroatoms. The molecule has 0 spiro atoms. The van der Waals surface area contributed by atoms with Gasteiger partial charge in [0.15, 0.2) is 0 Å². The van der Waals surface area contributed by atoms with Crippen molar-refractivity contribution < 1.29 is 5.11 Å². The summed E-state index contributed by atoms with van der Waals surface area (Å²) in [5, 5.41) is 10.2. The topological polar surface area (TPSA) is 49.2 Å². The average molecular weight is 412 g/mol. The predicted octanol–water partition coefficient (Wildman–Crippen LogP) is 4.08. The molecule has 4 rings (SSSR count). The summed E-state index contributed by atoms with van der Waals surface area (Å²) in [7, 11) is 0. The summed E-state index contributed by atoms with van der Waals surface area (Å²) in [5.74, 6) is 6.26. The number of piperidine rings is 1. The summed E-state index contributed by atoms with van der Waals surface area (Å²) in [4.78, 5) is 10.5. The summed E-state index contributed by atoms with van der Waals surface area (Å²) in [6.07, 6.45) is 9.24. The van der Waals surface area contributed by atoms with Gasteiger partial charge >= 0.3 is 0 Å². The third kappa shape index (κ3) is 6.01. The van der Waals surface area contributed by atoms with Crippen LogP contribution in [0.1, 0.15) is 41.5 Å². The van der Waals surface area contributed by atoms with Crippen molar-refractivity contribution in [1.29, 1.82) is 0 Å². The van der Waals surface area contributed by atoms with E-state index in [-0.39, 0.29) is 12.0 Å². The van der Waals surface area contributed by atoms with Crippen molar-refractivity contribution in [1.82, 2.24) is 14.9 Å². The molecule has 1 fully saturated rings. The van der Waals surface area contributed by atoms with Gasteiger partial charge in [-0.25, -0.2) is 9.97 Å². The van der Waals surface area contributed by atoms with Crippen LogP contribution in [0, 0.1) is 17.3 Å². The number of likely N-dealkylation sites (tertiary alicyclic amines) is 1.